The topological polar surface area (TPSA) is 38.3 Å². The first-order valence-corrected chi connectivity index (χ1v) is 6.70. The summed E-state index contributed by atoms with van der Waals surface area (Å²) in [7, 11) is 0. The monoisotopic (exact) mass is 279 g/mol. The molecule has 0 atom stereocenters. The van der Waals surface area contributed by atoms with Gasteiger partial charge < -0.3 is 10.1 Å². The number of hydrogen-bond donors (Lipinski definition) is 1. The molecule has 0 radical (unpaired) electrons. The summed E-state index contributed by atoms with van der Waals surface area (Å²) in [5.74, 6) is 6.48. The molecule has 0 bridgehead atoms. The van der Waals surface area contributed by atoms with Gasteiger partial charge in [0, 0.05) is 12.5 Å². The van der Waals surface area contributed by atoms with Gasteiger partial charge in [-0.2, -0.15) is 0 Å². The zero-order valence-corrected chi connectivity index (χ0v) is 12.1. The smallest absolute Gasteiger partial charge is 0.221 e. The van der Waals surface area contributed by atoms with E-state index in [2.05, 4.69) is 17.2 Å². The number of nitrogens with one attached hydrogen (secondary N) is 1. The SMILES string of the molecule is CC(=O)Nc1cc(C)ccc1OCC#Cc1ccccc1. The lowest BCUT2D eigenvalue weighted by atomic mass is 10.2. The Balaban J connectivity index is 2.03. The van der Waals surface area contributed by atoms with Crippen LogP contribution >= 0.6 is 0 Å². The molecule has 0 aliphatic carbocycles. The van der Waals surface area contributed by atoms with Gasteiger partial charge in [-0.25, -0.2) is 0 Å². The minimum absolute atomic E-state index is 0.124. The van der Waals surface area contributed by atoms with Gasteiger partial charge in [0.25, 0.3) is 0 Å². The first-order chi connectivity index (χ1) is 10.1. The minimum Gasteiger partial charge on any atom is -0.479 e. The maximum absolute atomic E-state index is 11.2. The van der Waals surface area contributed by atoms with Crippen molar-refractivity contribution in [2.45, 2.75) is 13.8 Å². The molecular formula is C18H17NO2. The highest BCUT2D eigenvalue weighted by molar-refractivity contribution is 5.90. The summed E-state index contributed by atoms with van der Waals surface area (Å²) in [5, 5.41) is 2.76. The van der Waals surface area contributed by atoms with Crippen molar-refractivity contribution in [2.24, 2.45) is 0 Å². The maximum atomic E-state index is 11.2. The van der Waals surface area contributed by atoms with Crippen LogP contribution in [0.15, 0.2) is 48.5 Å². The molecular weight excluding hydrogens is 262 g/mol. The third kappa shape index (κ3) is 4.70. The van der Waals surface area contributed by atoms with Gasteiger partial charge >= 0.3 is 0 Å². The zero-order valence-electron chi connectivity index (χ0n) is 12.1. The van der Waals surface area contributed by atoms with Crippen LogP contribution in [0.2, 0.25) is 0 Å². The third-order valence-corrected chi connectivity index (χ3v) is 2.75. The van der Waals surface area contributed by atoms with Gasteiger partial charge in [0.1, 0.15) is 12.4 Å². The number of hydrogen-bond acceptors (Lipinski definition) is 2. The molecule has 1 N–H and O–H groups in total. The van der Waals surface area contributed by atoms with Crippen LogP contribution in [-0.2, 0) is 4.79 Å². The average Bonchev–Trinajstić information content (AvgIpc) is 2.46. The maximum Gasteiger partial charge on any atom is 0.221 e. The highest BCUT2D eigenvalue weighted by atomic mass is 16.5. The van der Waals surface area contributed by atoms with Crippen molar-refractivity contribution in [3.63, 3.8) is 0 Å². The fourth-order valence-corrected chi connectivity index (χ4v) is 1.83. The van der Waals surface area contributed by atoms with Gasteiger partial charge in [0.2, 0.25) is 5.91 Å². The lowest BCUT2D eigenvalue weighted by Gasteiger charge is -2.10. The van der Waals surface area contributed by atoms with Crippen LogP contribution in [-0.4, -0.2) is 12.5 Å². The van der Waals surface area contributed by atoms with Crippen molar-refractivity contribution in [3.05, 3.63) is 59.7 Å². The second kappa shape index (κ2) is 7.16. The van der Waals surface area contributed by atoms with Crippen molar-refractivity contribution < 1.29 is 9.53 Å². The number of carbonyl (C=O) groups excluding carboxylic acids is 1. The van der Waals surface area contributed by atoms with Crippen molar-refractivity contribution in [3.8, 4) is 17.6 Å². The Morgan fingerprint density at radius 1 is 1.19 bits per heavy atom. The third-order valence-electron chi connectivity index (χ3n) is 2.75. The second-order valence-electron chi connectivity index (χ2n) is 4.64. The summed E-state index contributed by atoms with van der Waals surface area (Å²) < 4.78 is 5.63. The number of aryl methyl sites for hydroxylation is 1. The number of anilines is 1. The number of benzene rings is 2. The van der Waals surface area contributed by atoms with E-state index < -0.39 is 0 Å². The Morgan fingerprint density at radius 2 is 1.95 bits per heavy atom. The molecule has 2 aromatic rings. The molecule has 0 aliphatic rings. The summed E-state index contributed by atoms with van der Waals surface area (Å²) in [6, 6.07) is 15.4. The normalized spacial score (nSPS) is 9.43. The Labute approximate surface area is 125 Å². The van der Waals surface area contributed by atoms with E-state index >= 15 is 0 Å². The summed E-state index contributed by atoms with van der Waals surface area (Å²) in [6.07, 6.45) is 0. The molecule has 0 spiro atoms. The first kappa shape index (κ1) is 14.7. The Bertz CT molecular complexity index is 681. The van der Waals surface area contributed by atoms with Crippen molar-refractivity contribution in [1.82, 2.24) is 0 Å². The fraction of sp³-hybridized carbons (Fsp3) is 0.167. The minimum atomic E-state index is -0.124. The molecule has 0 saturated carbocycles. The van der Waals surface area contributed by atoms with Crippen LogP contribution in [0.1, 0.15) is 18.1 Å². The standard InChI is InChI=1S/C18H17NO2/c1-14-10-11-18(17(13-14)19-15(2)20)21-12-6-9-16-7-4-3-5-8-16/h3-5,7-8,10-11,13H,12H2,1-2H3,(H,19,20). The number of carbonyl (C=O) groups is 1. The molecule has 2 aromatic carbocycles. The second-order valence-corrected chi connectivity index (χ2v) is 4.64. The number of rotatable bonds is 3. The summed E-state index contributed by atoms with van der Waals surface area (Å²) in [4.78, 5) is 11.2. The lowest BCUT2D eigenvalue weighted by Crippen LogP contribution is -2.08. The van der Waals surface area contributed by atoms with Crippen LogP contribution in [0.4, 0.5) is 5.69 Å². The van der Waals surface area contributed by atoms with E-state index in [0.29, 0.717) is 11.4 Å². The van der Waals surface area contributed by atoms with Gasteiger partial charge in [-0.05, 0) is 36.8 Å². The van der Waals surface area contributed by atoms with E-state index in [1.807, 2.05) is 55.5 Å². The highest BCUT2D eigenvalue weighted by Gasteiger charge is 2.05. The summed E-state index contributed by atoms with van der Waals surface area (Å²) in [6.45, 7) is 3.70. The predicted molar refractivity (Wildman–Crippen MR) is 84.3 cm³/mol. The van der Waals surface area contributed by atoms with E-state index in [9.17, 15) is 4.79 Å². The summed E-state index contributed by atoms with van der Waals surface area (Å²) in [5.41, 5.74) is 2.68. The van der Waals surface area contributed by atoms with Crippen molar-refractivity contribution in [1.29, 1.82) is 0 Å². The van der Waals surface area contributed by atoms with Gasteiger partial charge in [-0.3, -0.25) is 4.79 Å². The number of amides is 1. The molecule has 0 unspecified atom stereocenters. The fourth-order valence-electron chi connectivity index (χ4n) is 1.83. The molecule has 3 nitrogen and oxygen atoms in total. The molecule has 0 fully saturated rings. The lowest BCUT2D eigenvalue weighted by molar-refractivity contribution is -0.114. The van der Waals surface area contributed by atoms with Crippen LogP contribution in [0.5, 0.6) is 5.75 Å². The van der Waals surface area contributed by atoms with E-state index in [1.54, 1.807) is 0 Å². The molecule has 1 amide bonds. The average molecular weight is 279 g/mol. The van der Waals surface area contributed by atoms with Crippen LogP contribution < -0.4 is 10.1 Å². The van der Waals surface area contributed by atoms with Gasteiger partial charge in [0.15, 0.2) is 0 Å². The van der Waals surface area contributed by atoms with Crippen molar-refractivity contribution >= 4 is 11.6 Å². The van der Waals surface area contributed by atoms with Gasteiger partial charge in [-0.1, -0.05) is 36.1 Å². The molecule has 0 saturated heterocycles. The zero-order chi connectivity index (χ0) is 15.1. The van der Waals surface area contributed by atoms with E-state index in [0.717, 1.165) is 11.1 Å². The Morgan fingerprint density at radius 3 is 2.67 bits per heavy atom. The molecule has 0 aliphatic heterocycles. The van der Waals surface area contributed by atoms with Crippen LogP contribution in [0.3, 0.4) is 0 Å². The van der Waals surface area contributed by atoms with Gasteiger partial charge in [-0.15, -0.1) is 0 Å². The molecule has 106 valence electrons. The Hall–Kier alpha value is -2.73. The van der Waals surface area contributed by atoms with Crippen molar-refractivity contribution in [2.75, 3.05) is 11.9 Å². The predicted octanol–water partition coefficient (Wildman–Crippen LogP) is 3.38. The first-order valence-electron chi connectivity index (χ1n) is 6.70. The number of ether oxygens (including phenoxy) is 1. The largest absolute Gasteiger partial charge is 0.479 e. The highest BCUT2D eigenvalue weighted by Crippen LogP contribution is 2.25. The van der Waals surface area contributed by atoms with Crippen LogP contribution in [0, 0.1) is 18.8 Å². The molecule has 21 heavy (non-hydrogen) atoms. The van der Waals surface area contributed by atoms with E-state index in [4.69, 9.17) is 4.74 Å². The molecule has 2 rings (SSSR count). The van der Waals surface area contributed by atoms with Crippen LogP contribution in [0.25, 0.3) is 0 Å². The Kier molecular flexibility index (Phi) is 5.00. The van der Waals surface area contributed by atoms with E-state index in [-0.39, 0.29) is 12.5 Å². The molecule has 3 heteroatoms. The molecule has 0 aromatic heterocycles. The summed E-state index contributed by atoms with van der Waals surface area (Å²) >= 11 is 0. The quantitative estimate of drug-likeness (QED) is 0.875. The van der Waals surface area contributed by atoms with E-state index in [1.165, 1.54) is 6.92 Å². The molecule has 0 heterocycles. The van der Waals surface area contributed by atoms with Gasteiger partial charge in [0.05, 0.1) is 5.69 Å².